The number of hydrogen-bond donors (Lipinski definition) is 1. The topological polar surface area (TPSA) is 35.6 Å². The minimum atomic E-state index is -0.0110. The highest BCUT2D eigenvalue weighted by Gasteiger charge is 2.27. The van der Waals surface area contributed by atoms with E-state index in [-0.39, 0.29) is 11.9 Å². The van der Waals surface area contributed by atoms with Crippen molar-refractivity contribution in [2.24, 2.45) is 0 Å². The predicted octanol–water partition coefficient (Wildman–Crippen LogP) is 3.37. The first-order chi connectivity index (χ1) is 12.5. The Bertz CT molecular complexity index is 570. The van der Waals surface area contributed by atoms with Crippen molar-refractivity contribution in [3.8, 4) is 0 Å². The quantitative estimate of drug-likeness (QED) is 0.848. The molecule has 1 atom stereocenters. The van der Waals surface area contributed by atoms with Gasteiger partial charge in [-0.25, -0.2) is 0 Å². The van der Waals surface area contributed by atoms with Gasteiger partial charge in [0.15, 0.2) is 0 Å². The van der Waals surface area contributed by atoms with Crippen molar-refractivity contribution in [1.82, 2.24) is 15.1 Å². The van der Waals surface area contributed by atoms with Crippen LogP contribution in [0.25, 0.3) is 0 Å². The zero-order chi connectivity index (χ0) is 18.5. The molecule has 1 amide bonds. The first-order valence-electron chi connectivity index (χ1n) is 10.4. The minimum Gasteiger partial charge on any atom is -0.352 e. The average Bonchev–Trinajstić information content (AvgIpc) is 3.15. The molecule has 1 aliphatic carbocycles. The van der Waals surface area contributed by atoms with Gasteiger partial charge in [0.2, 0.25) is 5.91 Å². The number of benzene rings is 1. The van der Waals surface area contributed by atoms with Crippen LogP contribution in [0.15, 0.2) is 24.3 Å². The molecule has 2 aliphatic rings. The number of hydrogen-bond acceptors (Lipinski definition) is 3. The summed E-state index contributed by atoms with van der Waals surface area (Å²) in [6, 6.07) is 9.44. The number of carbonyl (C=O) groups excluding carboxylic acids is 1. The first-order valence-corrected chi connectivity index (χ1v) is 10.4. The third kappa shape index (κ3) is 5.08. The van der Waals surface area contributed by atoms with Gasteiger partial charge >= 0.3 is 0 Å². The Morgan fingerprint density at radius 3 is 2.23 bits per heavy atom. The molecule has 1 N–H and O–H groups in total. The molecule has 0 bridgehead atoms. The average molecular weight is 358 g/mol. The number of nitrogens with zero attached hydrogens (tertiary/aromatic N) is 2. The summed E-state index contributed by atoms with van der Waals surface area (Å²) in [4.78, 5) is 17.3. The zero-order valence-electron chi connectivity index (χ0n) is 16.7. The van der Waals surface area contributed by atoms with Gasteiger partial charge < -0.3 is 5.32 Å². The fourth-order valence-corrected chi connectivity index (χ4v) is 4.13. The summed E-state index contributed by atoms with van der Waals surface area (Å²) in [6.07, 6.45) is 4.83. The highest BCUT2D eigenvalue weighted by Crippen LogP contribution is 2.19. The number of carbonyl (C=O) groups is 1. The second-order valence-corrected chi connectivity index (χ2v) is 8.37. The lowest BCUT2D eigenvalue weighted by atomic mass is 10.0. The maximum Gasteiger partial charge on any atom is 0.237 e. The van der Waals surface area contributed by atoms with Crippen LogP contribution in [0.1, 0.15) is 63.5 Å². The fourth-order valence-electron chi connectivity index (χ4n) is 4.13. The molecular formula is C22H35N3O. The zero-order valence-corrected chi connectivity index (χ0v) is 16.7. The molecule has 1 aromatic rings. The predicted molar refractivity (Wildman–Crippen MR) is 107 cm³/mol. The summed E-state index contributed by atoms with van der Waals surface area (Å²) in [5, 5.41) is 3.25. The van der Waals surface area contributed by atoms with Crippen LogP contribution in [0, 0.1) is 0 Å². The molecule has 26 heavy (non-hydrogen) atoms. The lowest BCUT2D eigenvalue weighted by Gasteiger charge is -2.37. The monoisotopic (exact) mass is 357 g/mol. The van der Waals surface area contributed by atoms with Crippen LogP contribution in [0.5, 0.6) is 0 Å². The maximum absolute atomic E-state index is 12.5. The molecule has 1 saturated carbocycles. The van der Waals surface area contributed by atoms with E-state index in [1.165, 1.54) is 24.0 Å². The van der Waals surface area contributed by atoms with E-state index < -0.39 is 0 Å². The third-order valence-corrected chi connectivity index (χ3v) is 6.09. The van der Waals surface area contributed by atoms with Crippen molar-refractivity contribution in [1.29, 1.82) is 0 Å². The van der Waals surface area contributed by atoms with Gasteiger partial charge in [-0.3, -0.25) is 14.6 Å². The van der Waals surface area contributed by atoms with E-state index in [0.29, 0.717) is 12.0 Å². The van der Waals surface area contributed by atoms with Gasteiger partial charge in [0.05, 0.1) is 6.04 Å². The Balaban J connectivity index is 1.43. The molecule has 1 aliphatic heterocycles. The van der Waals surface area contributed by atoms with Crippen molar-refractivity contribution in [2.75, 3.05) is 26.2 Å². The second-order valence-electron chi connectivity index (χ2n) is 8.37. The lowest BCUT2D eigenvalue weighted by molar-refractivity contribution is -0.127. The van der Waals surface area contributed by atoms with Gasteiger partial charge in [-0.15, -0.1) is 0 Å². The largest absolute Gasteiger partial charge is 0.352 e. The molecule has 3 rings (SSSR count). The Morgan fingerprint density at radius 1 is 1.04 bits per heavy atom. The molecular weight excluding hydrogens is 322 g/mol. The van der Waals surface area contributed by atoms with E-state index in [4.69, 9.17) is 0 Å². The molecule has 144 valence electrons. The molecule has 1 heterocycles. The molecule has 4 nitrogen and oxygen atoms in total. The summed E-state index contributed by atoms with van der Waals surface area (Å²) in [7, 11) is 0. The molecule has 0 unspecified atom stereocenters. The van der Waals surface area contributed by atoms with Crippen LogP contribution >= 0.6 is 0 Å². The van der Waals surface area contributed by atoms with E-state index in [1.807, 2.05) is 0 Å². The molecule has 0 spiro atoms. The molecule has 0 radical (unpaired) electrons. The molecule has 1 saturated heterocycles. The van der Waals surface area contributed by atoms with Gasteiger partial charge in [0.1, 0.15) is 0 Å². The molecule has 0 aromatic heterocycles. The Kier molecular flexibility index (Phi) is 6.71. The second kappa shape index (κ2) is 9.01. The third-order valence-electron chi connectivity index (χ3n) is 6.09. The van der Waals surface area contributed by atoms with Crippen molar-refractivity contribution in [2.45, 2.75) is 71.0 Å². The minimum absolute atomic E-state index is 0.0110. The Labute approximate surface area is 158 Å². The van der Waals surface area contributed by atoms with Crippen LogP contribution in [0.3, 0.4) is 0 Å². The van der Waals surface area contributed by atoms with Gasteiger partial charge in [-0.05, 0) is 36.8 Å². The number of piperazine rings is 1. The van der Waals surface area contributed by atoms with Gasteiger partial charge in [-0.1, -0.05) is 51.0 Å². The van der Waals surface area contributed by atoms with Crippen LogP contribution in [-0.2, 0) is 11.3 Å². The molecule has 2 fully saturated rings. The molecule has 1 aromatic carbocycles. The van der Waals surface area contributed by atoms with Crippen molar-refractivity contribution >= 4 is 5.91 Å². The maximum atomic E-state index is 12.5. The normalized spacial score (nSPS) is 21.2. The van der Waals surface area contributed by atoms with Crippen LogP contribution in [0.2, 0.25) is 0 Å². The Hall–Kier alpha value is -1.39. The number of nitrogens with one attached hydrogen (secondary N) is 1. The number of rotatable bonds is 6. The van der Waals surface area contributed by atoms with E-state index >= 15 is 0 Å². The standard InChI is InChI=1S/C22H35N3O/c1-17(2)20-10-8-19(9-11-20)16-24-12-14-25(15-13-24)18(3)22(26)23-21-6-4-5-7-21/h8-11,17-18,21H,4-7,12-16H2,1-3H3,(H,23,26)/t18-/m0/s1. The van der Waals surface area contributed by atoms with Crippen molar-refractivity contribution in [3.05, 3.63) is 35.4 Å². The van der Waals surface area contributed by atoms with Crippen LogP contribution in [-0.4, -0.2) is 54.0 Å². The first kappa shape index (κ1) is 19.4. The number of amides is 1. The van der Waals surface area contributed by atoms with E-state index in [0.717, 1.165) is 45.6 Å². The lowest BCUT2D eigenvalue weighted by Crippen LogP contribution is -2.54. The smallest absolute Gasteiger partial charge is 0.237 e. The highest BCUT2D eigenvalue weighted by molar-refractivity contribution is 5.81. The summed E-state index contributed by atoms with van der Waals surface area (Å²) in [5.74, 6) is 0.805. The van der Waals surface area contributed by atoms with E-state index in [1.54, 1.807) is 0 Å². The van der Waals surface area contributed by atoms with Gasteiger partial charge in [-0.2, -0.15) is 0 Å². The highest BCUT2D eigenvalue weighted by atomic mass is 16.2. The van der Waals surface area contributed by atoms with Crippen molar-refractivity contribution in [3.63, 3.8) is 0 Å². The Morgan fingerprint density at radius 2 is 1.65 bits per heavy atom. The summed E-state index contributed by atoms with van der Waals surface area (Å²) < 4.78 is 0. The van der Waals surface area contributed by atoms with Crippen LogP contribution < -0.4 is 5.32 Å². The SMILES string of the molecule is CC(C)c1ccc(CN2CCN([C@@H](C)C(=O)NC3CCCC3)CC2)cc1. The van der Waals surface area contributed by atoms with Gasteiger partial charge in [0, 0.05) is 38.8 Å². The molecule has 4 heteroatoms. The van der Waals surface area contributed by atoms with E-state index in [9.17, 15) is 4.79 Å². The fraction of sp³-hybridized carbons (Fsp3) is 0.682. The van der Waals surface area contributed by atoms with Crippen LogP contribution in [0.4, 0.5) is 0 Å². The van der Waals surface area contributed by atoms with Gasteiger partial charge in [0.25, 0.3) is 0 Å². The summed E-state index contributed by atoms with van der Waals surface area (Å²) in [5.41, 5.74) is 2.79. The van der Waals surface area contributed by atoms with E-state index in [2.05, 4.69) is 60.2 Å². The summed E-state index contributed by atoms with van der Waals surface area (Å²) >= 11 is 0. The van der Waals surface area contributed by atoms with Crippen molar-refractivity contribution < 1.29 is 4.79 Å². The summed E-state index contributed by atoms with van der Waals surface area (Å²) in [6.45, 7) is 11.6.